The van der Waals surface area contributed by atoms with E-state index >= 15 is 0 Å². The number of benzene rings is 1. The second-order valence-electron chi connectivity index (χ2n) is 3.56. The maximum Gasteiger partial charge on any atom is 0.335 e. The van der Waals surface area contributed by atoms with E-state index in [0.29, 0.717) is 22.9 Å². The maximum absolute atomic E-state index is 11.2. The van der Waals surface area contributed by atoms with Gasteiger partial charge >= 0.3 is 11.9 Å². The van der Waals surface area contributed by atoms with Crippen molar-refractivity contribution in [2.75, 3.05) is 12.4 Å². The van der Waals surface area contributed by atoms with Crippen LogP contribution in [0.3, 0.4) is 0 Å². The fourth-order valence-electron chi connectivity index (χ4n) is 1.42. The van der Waals surface area contributed by atoms with Crippen LogP contribution in [0, 0.1) is 0 Å². The van der Waals surface area contributed by atoms with Gasteiger partial charge in [0, 0.05) is 0 Å². The van der Waals surface area contributed by atoms with Crippen LogP contribution in [0.4, 0.5) is 0 Å². The number of aromatic nitrogens is 1. The molecule has 100 valence electrons. The quantitative estimate of drug-likeness (QED) is 0.663. The standard InChI is InChI=1S/C12H11NO5S/c1-2-17-10(14)6-19-12-13-8-4-3-7(11(15)16)5-9(8)18-12/h3-5H,2,6H2,1H3,(H,15,16). The van der Waals surface area contributed by atoms with E-state index in [1.165, 1.54) is 12.1 Å². The third-order valence-electron chi connectivity index (χ3n) is 2.23. The number of esters is 1. The van der Waals surface area contributed by atoms with Gasteiger partial charge in [-0.1, -0.05) is 11.8 Å². The van der Waals surface area contributed by atoms with Crippen molar-refractivity contribution in [2.45, 2.75) is 12.1 Å². The number of nitrogens with zero attached hydrogens (tertiary/aromatic N) is 1. The largest absolute Gasteiger partial charge is 0.478 e. The summed E-state index contributed by atoms with van der Waals surface area (Å²) in [6.45, 7) is 2.06. The summed E-state index contributed by atoms with van der Waals surface area (Å²) >= 11 is 1.11. The average Bonchev–Trinajstić information content (AvgIpc) is 2.78. The highest BCUT2D eigenvalue weighted by atomic mass is 32.2. The summed E-state index contributed by atoms with van der Waals surface area (Å²) in [4.78, 5) is 26.1. The SMILES string of the molecule is CCOC(=O)CSc1nc2ccc(C(=O)O)cc2o1. The van der Waals surface area contributed by atoms with Crippen molar-refractivity contribution in [1.29, 1.82) is 0 Å². The van der Waals surface area contributed by atoms with Crippen molar-refractivity contribution in [1.82, 2.24) is 4.98 Å². The van der Waals surface area contributed by atoms with Gasteiger partial charge in [0.2, 0.25) is 0 Å². The van der Waals surface area contributed by atoms with Crippen LogP contribution in [0.5, 0.6) is 0 Å². The van der Waals surface area contributed by atoms with Crippen LogP contribution >= 0.6 is 11.8 Å². The van der Waals surface area contributed by atoms with E-state index in [9.17, 15) is 9.59 Å². The van der Waals surface area contributed by atoms with E-state index in [0.717, 1.165) is 11.8 Å². The molecular weight excluding hydrogens is 270 g/mol. The summed E-state index contributed by atoms with van der Waals surface area (Å²) in [5.41, 5.74) is 1.06. The van der Waals surface area contributed by atoms with Crippen molar-refractivity contribution in [2.24, 2.45) is 0 Å². The van der Waals surface area contributed by atoms with Crippen molar-refractivity contribution >= 4 is 34.8 Å². The zero-order valence-electron chi connectivity index (χ0n) is 10.1. The minimum absolute atomic E-state index is 0.104. The first-order chi connectivity index (χ1) is 9.10. The summed E-state index contributed by atoms with van der Waals surface area (Å²) in [5, 5.41) is 9.17. The summed E-state index contributed by atoms with van der Waals surface area (Å²) in [5.74, 6) is -1.27. The molecule has 1 heterocycles. The smallest absolute Gasteiger partial charge is 0.335 e. The molecule has 1 aromatic carbocycles. The Hall–Kier alpha value is -2.02. The molecule has 2 rings (SSSR count). The molecule has 0 radical (unpaired) electrons. The number of hydrogen-bond acceptors (Lipinski definition) is 6. The van der Waals surface area contributed by atoms with Crippen LogP contribution in [-0.2, 0) is 9.53 Å². The molecule has 0 saturated carbocycles. The zero-order valence-corrected chi connectivity index (χ0v) is 10.9. The molecule has 6 nitrogen and oxygen atoms in total. The number of carboxylic acid groups (broad SMARTS) is 1. The topological polar surface area (TPSA) is 89.6 Å². The second-order valence-corrected chi connectivity index (χ2v) is 4.49. The molecule has 2 aromatic rings. The monoisotopic (exact) mass is 281 g/mol. The predicted molar refractivity (Wildman–Crippen MR) is 68.3 cm³/mol. The van der Waals surface area contributed by atoms with Gasteiger partial charge in [0.05, 0.1) is 12.2 Å². The summed E-state index contributed by atoms with van der Waals surface area (Å²) < 4.78 is 10.1. The lowest BCUT2D eigenvalue weighted by Gasteiger charge is -1.97. The highest BCUT2D eigenvalue weighted by Crippen LogP contribution is 2.24. The van der Waals surface area contributed by atoms with Crippen molar-refractivity contribution in [3.8, 4) is 0 Å². The third kappa shape index (κ3) is 3.25. The van der Waals surface area contributed by atoms with Crippen molar-refractivity contribution < 1.29 is 23.8 Å². The molecular formula is C12H11NO5S. The Morgan fingerprint density at radius 2 is 2.26 bits per heavy atom. The molecule has 1 aromatic heterocycles. The first kappa shape index (κ1) is 13.4. The minimum Gasteiger partial charge on any atom is -0.478 e. The van der Waals surface area contributed by atoms with Gasteiger partial charge in [0.1, 0.15) is 11.3 Å². The minimum atomic E-state index is -1.03. The van der Waals surface area contributed by atoms with Gasteiger partial charge in [0.25, 0.3) is 5.22 Å². The highest BCUT2D eigenvalue weighted by molar-refractivity contribution is 7.99. The van der Waals surface area contributed by atoms with Crippen LogP contribution in [0.2, 0.25) is 0 Å². The van der Waals surface area contributed by atoms with Gasteiger partial charge in [-0.3, -0.25) is 4.79 Å². The van der Waals surface area contributed by atoms with Gasteiger partial charge in [-0.05, 0) is 25.1 Å². The molecule has 19 heavy (non-hydrogen) atoms. The number of hydrogen-bond donors (Lipinski definition) is 1. The third-order valence-corrected chi connectivity index (χ3v) is 3.04. The van der Waals surface area contributed by atoms with Crippen LogP contribution in [0.25, 0.3) is 11.1 Å². The lowest BCUT2D eigenvalue weighted by Crippen LogP contribution is -2.06. The maximum atomic E-state index is 11.2. The summed E-state index contributed by atoms with van der Waals surface area (Å²) in [6.07, 6.45) is 0. The van der Waals surface area contributed by atoms with Crippen LogP contribution < -0.4 is 0 Å². The molecule has 0 unspecified atom stereocenters. The molecule has 0 aliphatic heterocycles. The number of rotatable bonds is 5. The fourth-order valence-corrected chi connectivity index (χ4v) is 2.06. The Morgan fingerprint density at radius 1 is 1.47 bits per heavy atom. The Labute approximate surface area is 112 Å². The number of carboxylic acids is 1. The number of thioether (sulfide) groups is 1. The highest BCUT2D eigenvalue weighted by Gasteiger charge is 2.12. The van der Waals surface area contributed by atoms with Gasteiger partial charge in [-0.2, -0.15) is 0 Å². The average molecular weight is 281 g/mol. The molecule has 0 aliphatic carbocycles. The number of fused-ring (bicyclic) bond motifs is 1. The van der Waals surface area contributed by atoms with E-state index in [-0.39, 0.29) is 17.3 Å². The van der Waals surface area contributed by atoms with Crippen LogP contribution in [0.1, 0.15) is 17.3 Å². The Kier molecular flexibility index (Phi) is 4.06. The van der Waals surface area contributed by atoms with E-state index in [2.05, 4.69) is 4.98 Å². The molecule has 1 N–H and O–H groups in total. The normalized spacial score (nSPS) is 10.6. The molecule has 0 saturated heterocycles. The number of oxazole rings is 1. The Morgan fingerprint density at radius 3 is 2.95 bits per heavy atom. The van der Waals surface area contributed by atoms with Gasteiger partial charge in [0.15, 0.2) is 5.58 Å². The molecule has 0 atom stereocenters. The number of aromatic carboxylic acids is 1. The number of carbonyl (C=O) groups is 2. The van der Waals surface area contributed by atoms with E-state index in [1.54, 1.807) is 13.0 Å². The first-order valence-electron chi connectivity index (χ1n) is 5.52. The van der Waals surface area contributed by atoms with Crippen LogP contribution in [-0.4, -0.2) is 34.4 Å². The van der Waals surface area contributed by atoms with E-state index in [1.807, 2.05) is 0 Å². The summed E-state index contributed by atoms with van der Waals surface area (Å²) in [6, 6.07) is 4.42. The van der Waals surface area contributed by atoms with Crippen molar-refractivity contribution in [3.05, 3.63) is 23.8 Å². The van der Waals surface area contributed by atoms with Gasteiger partial charge in [-0.15, -0.1) is 0 Å². The molecule has 7 heteroatoms. The van der Waals surface area contributed by atoms with E-state index < -0.39 is 5.97 Å². The second kappa shape index (κ2) is 5.75. The van der Waals surface area contributed by atoms with Gasteiger partial charge in [-0.25, -0.2) is 9.78 Å². The summed E-state index contributed by atoms with van der Waals surface area (Å²) in [7, 11) is 0. The first-order valence-corrected chi connectivity index (χ1v) is 6.51. The fraction of sp³-hybridized carbons (Fsp3) is 0.250. The number of ether oxygens (including phenoxy) is 1. The van der Waals surface area contributed by atoms with E-state index in [4.69, 9.17) is 14.3 Å². The van der Waals surface area contributed by atoms with Crippen LogP contribution in [0.15, 0.2) is 27.8 Å². The van der Waals surface area contributed by atoms with Crippen molar-refractivity contribution in [3.63, 3.8) is 0 Å². The molecule has 0 spiro atoms. The molecule has 0 fully saturated rings. The Balaban J connectivity index is 2.13. The van der Waals surface area contributed by atoms with Gasteiger partial charge < -0.3 is 14.3 Å². The number of carbonyl (C=O) groups excluding carboxylic acids is 1. The predicted octanol–water partition coefficient (Wildman–Crippen LogP) is 2.18. The molecule has 0 aliphatic rings. The lowest BCUT2D eigenvalue weighted by atomic mass is 10.2. The lowest BCUT2D eigenvalue weighted by molar-refractivity contribution is -0.139. The zero-order chi connectivity index (χ0) is 13.8. The Bertz CT molecular complexity index is 622. The molecule has 0 amide bonds. The molecule has 0 bridgehead atoms.